The third kappa shape index (κ3) is 4.58. The first kappa shape index (κ1) is 21.8. The molecule has 0 spiro atoms. The van der Waals surface area contributed by atoms with Gasteiger partial charge in [0.25, 0.3) is 0 Å². The molecule has 0 aliphatic carbocycles. The molecule has 4 aromatic rings. The Balaban J connectivity index is 1.47. The summed E-state index contributed by atoms with van der Waals surface area (Å²) < 4.78 is 1.63. The maximum Gasteiger partial charge on any atom is 0.198 e. The standard InChI is InChI=1S/C21H20Cl2N8O/c1-2-17(32)14-5-6-18(30-19(14)24)25-7-8-26-20-21-27-11-28-31(21)10-16(29-20)13-4-3-12(22)9-15(13)23/h3-6,9-11H,2,7-8H2,1H3,(H,26,29)(H3,24,25,30). The van der Waals surface area contributed by atoms with Crippen LogP contribution in [0.4, 0.5) is 17.5 Å². The lowest BCUT2D eigenvalue weighted by atomic mass is 10.1. The summed E-state index contributed by atoms with van der Waals surface area (Å²) in [5.41, 5.74) is 8.29. The van der Waals surface area contributed by atoms with E-state index in [-0.39, 0.29) is 11.6 Å². The topological polar surface area (TPSA) is 123 Å². The highest BCUT2D eigenvalue weighted by atomic mass is 35.5. The van der Waals surface area contributed by atoms with Crippen LogP contribution < -0.4 is 16.4 Å². The van der Waals surface area contributed by atoms with Gasteiger partial charge in [0.2, 0.25) is 0 Å². The number of aromatic nitrogens is 5. The molecule has 4 rings (SSSR count). The summed E-state index contributed by atoms with van der Waals surface area (Å²) in [5.74, 6) is 1.32. The van der Waals surface area contributed by atoms with Crippen molar-refractivity contribution in [3.8, 4) is 11.3 Å². The number of hydrogen-bond donors (Lipinski definition) is 3. The van der Waals surface area contributed by atoms with Crippen molar-refractivity contribution in [2.75, 3.05) is 29.5 Å². The van der Waals surface area contributed by atoms with Gasteiger partial charge in [0.1, 0.15) is 18.0 Å². The quantitative estimate of drug-likeness (QED) is 0.258. The average molecular weight is 471 g/mol. The van der Waals surface area contributed by atoms with E-state index in [1.54, 1.807) is 41.9 Å². The number of benzene rings is 1. The molecule has 3 heterocycles. The second-order valence-electron chi connectivity index (χ2n) is 6.89. The zero-order valence-corrected chi connectivity index (χ0v) is 18.7. The van der Waals surface area contributed by atoms with Gasteiger partial charge < -0.3 is 16.4 Å². The van der Waals surface area contributed by atoms with Gasteiger partial charge in [-0.2, -0.15) is 5.10 Å². The summed E-state index contributed by atoms with van der Waals surface area (Å²) in [7, 11) is 0. The van der Waals surface area contributed by atoms with E-state index < -0.39 is 0 Å². The van der Waals surface area contributed by atoms with Crippen LogP contribution in [0, 0.1) is 0 Å². The molecule has 32 heavy (non-hydrogen) atoms. The maximum atomic E-state index is 11.8. The summed E-state index contributed by atoms with van der Waals surface area (Å²) in [6, 6.07) is 8.65. The molecule has 0 radical (unpaired) electrons. The van der Waals surface area contributed by atoms with Gasteiger partial charge in [0.05, 0.1) is 22.5 Å². The molecular formula is C21H20Cl2N8O. The predicted octanol–water partition coefficient (Wildman–Crippen LogP) is 4.19. The molecule has 164 valence electrons. The zero-order valence-electron chi connectivity index (χ0n) is 17.1. The van der Waals surface area contributed by atoms with E-state index >= 15 is 0 Å². The molecule has 0 bridgehead atoms. The summed E-state index contributed by atoms with van der Waals surface area (Å²) in [6.07, 6.45) is 3.60. The largest absolute Gasteiger partial charge is 0.383 e. The van der Waals surface area contributed by atoms with Crippen LogP contribution in [0.15, 0.2) is 42.9 Å². The Morgan fingerprint density at radius 1 is 1.12 bits per heavy atom. The molecule has 0 fully saturated rings. The number of pyridine rings is 1. The molecule has 1 aromatic carbocycles. The fourth-order valence-corrected chi connectivity index (χ4v) is 3.65. The van der Waals surface area contributed by atoms with E-state index in [9.17, 15) is 4.79 Å². The van der Waals surface area contributed by atoms with Gasteiger partial charge in [-0.05, 0) is 30.3 Å². The van der Waals surface area contributed by atoms with Gasteiger partial charge in [-0.1, -0.05) is 30.1 Å². The minimum Gasteiger partial charge on any atom is -0.383 e. The number of rotatable bonds is 8. The highest BCUT2D eigenvalue weighted by molar-refractivity contribution is 6.36. The molecule has 0 saturated carbocycles. The van der Waals surface area contributed by atoms with Gasteiger partial charge >= 0.3 is 0 Å². The van der Waals surface area contributed by atoms with Crippen molar-refractivity contribution in [3.63, 3.8) is 0 Å². The van der Waals surface area contributed by atoms with E-state index in [0.29, 0.717) is 58.1 Å². The molecule has 9 nitrogen and oxygen atoms in total. The van der Waals surface area contributed by atoms with Crippen molar-refractivity contribution < 1.29 is 4.79 Å². The molecule has 4 N–H and O–H groups in total. The van der Waals surface area contributed by atoms with Crippen molar-refractivity contribution in [2.45, 2.75) is 13.3 Å². The van der Waals surface area contributed by atoms with Crippen LogP contribution in [0.3, 0.4) is 0 Å². The summed E-state index contributed by atoms with van der Waals surface area (Å²) in [5, 5.41) is 11.7. The van der Waals surface area contributed by atoms with Gasteiger partial charge in [0.15, 0.2) is 17.2 Å². The Hall–Kier alpha value is -3.43. The summed E-state index contributed by atoms with van der Waals surface area (Å²) >= 11 is 12.4. The lowest BCUT2D eigenvalue weighted by Gasteiger charge is -2.12. The summed E-state index contributed by atoms with van der Waals surface area (Å²) in [6.45, 7) is 2.84. The molecule has 0 amide bonds. The minimum absolute atomic E-state index is 0.0349. The first-order valence-corrected chi connectivity index (χ1v) is 10.6. The van der Waals surface area contributed by atoms with Gasteiger partial charge in [-0.3, -0.25) is 4.79 Å². The van der Waals surface area contributed by atoms with Crippen molar-refractivity contribution in [2.24, 2.45) is 0 Å². The molecule has 0 atom stereocenters. The molecule has 3 aromatic heterocycles. The molecule has 0 aliphatic rings. The van der Waals surface area contributed by atoms with E-state index in [1.165, 1.54) is 6.33 Å². The third-order valence-corrected chi connectivity index (χ3v) is 5.29. The van der Waals surface area contributed by atoms with E-state index in [4.69, 9.17) is 28.9 Å². The van der Waals surface area contributed by atoms with Crippen LogP contribution in [-0.4, -0.2) is 43.4 Å². The second-order valence-corrected chi connectivity index (χ2v) is 7.73. The average Bonchev–Trinajstić information content (AvgIpc) is 3.25. The molecule has 0 aliphatic heterocycles. The fourth-order valence-electron chi connectivity index (χ4n) is 3.15. The van der Waals surface area contributed by atoms with Crippen molar-refractivity contribution in [3.05, 3.63) is 58.5 Å². The van der Waals surface area contributed by atoms with Crippen molar-refractivity contribution >= 4 is 52.1 Å². The number of nitrogens with two attached hydrogens (primary N) is 1. The lowest BCUT2D eigenvalue weighted by molar-refractivity contribution is 0.0989. The fraction of sp³-hybridized carbons (Fsp3) is 0.190. The van der Waals surface area contributed by atoms with Gasteiger partial charge in [-0.15, -0.1) is 0 Å². The van der Waals surface area contributed by atoms with Crippen LogP contribution in [0.5, 0.6) is 0 Å². The van der Waals surface area contributed by atoms with Crippen LogP contribution in [0.1, 0.15) is 23.7 Å². The van der Waals surface area contributed by atoms with Crippen LogP contribution >= 0.6 is 23.2 Å². The zero-order chi connectivity index (χ0) is 22.7. The maximum absolute atomic E-state index is 11.8. The minimum atomic E-state index is -0.0349. The summed E-state index contributed by atoms with van der Waals surface area (Å²) in [4.78, 5) is 25.0. The van der Waals surface area contributed by atoms with Crippen LogP contribution in [0.25, 0.3) is 16.9 Å². The van der Waals surface area contributed by atoms with Crippen LogP contribution in [-0.2, 0) is 0 Å². The number of carbonyl (C=O) groups is 1. The highest BCUT2D eigenvalue weighted by Crippen LogP contribution is 2.30. The first-order chi connectivity index (χ1) is 15.5. The molecule has 0 unspecified atom stereocenters. The van der Waals surface area contributed by atoms with E-state index in [0.717, 1.165) is 5.56 Å². The predicted molar refractivity (Wildman–Crippen MR) is 126 cm³/mol. The number of anilines is 3. The van der Waals surface area contributed by atoms with Gasteiger partial charge in [-0.25, -0.2) is 19.5 Å². The van der Waals surface area contributed by atoms with Crippen molar-refractivity contribution in [1.29, 1.82) is 0 Å². The monoisotopic (exact) mass is 470 g/mol. The number of nitrogen functional groups attached to an aromatic ring is 1. The number of carbonyl (C=O) groups excluding carboxylic acids is 1. The van der Waals surface area contributed by atoms with Gasteiger partial charge in [0, 0.05) is 30.1 Å². The first-order valence-electron chi connectivity index (χ1n) is 9.89. The third-order valence-electron chi connectivity index (χ3n) is 4.74. The molecule has 11 heteroatoms. The Morgan fingerprint density at radius 2 is 1.94 bits per heavy atom. The number of nitrogens with zero attached hydrogens (tertiary/aromatic N) is 5. The number of Topliss-reactive ketones (excluding diaryl/α,β-unsaturated/α-hetero) is 1. The Morgan fingerprint density at radius 3 is 2.69 bits per heavy atom. The number of nitrogens with one attached hydrogen (secondary N) is 2. The smallest absolute Gasteiger partial charge is 0.198 e. The Bertz CT molecular complexity index is 1290. The normalized spacial score (nSPS) is 11.0. The number of halogens is 2. The number of fused-ring (bicyclic) bond motifs is 1. The van der Waals surface area contributed by atoms with E-state index in [2.05, 4.69) is 30.7 Å². The second kappa shape index (κ2) is 9.37. The Kier molecular flexibility index (Phi) is 6.38. The highest BCUT2D eigenvalue weighted by Gasteiger charge is 2.13. The SMILES string of the molecule is CCC(=O)c1ccc(NCCNc2nc(-c3ccc(Cl)cc3Cl)cn3ncnc23)nc1N. The molecule has 0 saturated heterocycles. The van der Waals surface area contributed by atoms with Crippen molar-refractivity contribution in [1.82, 2.24) is 24.6 Å². The van der Waals surface area contributed by atoms with E-state index in [1.807, 2.05) is 6.07 Å². The molecular weight excluding hydrogens is 451 g/mol. The number of ketones is 1. The Labute approximate surface area is 194 Å². The lowest BCUT2D eigenvalue weighted by Crippen LogP contribution is -2.16. The van der Waals surface area contributed by atoms with Crippen LogP contribution in [0.2, 0.25) is 10.0 Å². The number of hydrogen-bond acceptors (Lipinski definition) is 8.